The lowest BCUT2D eigenvalue weighted by molar-refractivity contribution is -0.137. The number of hydrogen-bond acceptors (Lipinski definition) is 6. The van der Waals surface area contributed by atoms with Gasteiger partial charge in [-0.3, -0.25) is 19.3 Å². The highest BCUT2D eigenvalue weighted by Crippen LogP contribution is 2.39. The van der Waals surface area contributed by atoms with Gasteiger partial charge in [0.15, 0.2) is 0 Å². The molecule has 5 rings (SSSR count). The number of hydrogen-bond donors (Lipinski definition) is 3. The van der Waals surface area contributed by atoms with Crippen molar-refractivity contribution in [2.45, 2.75) is 12.8 Å². The molecule has 3 aromatic carbocycles. The molecule has 42 heavy (non-hydrogen) atoms. The van der Waals surface area contributed by atoms with E-state index >= 15 is 0 Å². The van der Waals surface area contributed by atoms with Crippen molar-refractivity contribution in [1.82, 2.24) is 9.80 Å². The number of carbonyl (C=O) groups excluding carboxylic acids is 2. The van der Waals surface area contributed by atoms with Crippen LogP contribution in [-0.4, -0.2) is 79.5 Å². The number of amides is 2. The first-order chi connectivity index (χ1) is 20.2. The minimum absolute atomic E-state index is 0.0384. The molecule has 0 unspecified atom stereocenters. The average molecular weight is 633 g/mol. The van der Waals surface area contributed by atoms with Crippen LogP contribution in [-0.2, 0) is 20.8 Å². The lowest BCUT2D eigenvalue weighted by atomic mass is 9.98. The number of carboxylic acid groups (broad SMARTS) is 1. The van der Waals surface area contributed by atoms with Crippen molar-refractivity contribution < 1.29 is 19.5 Å². The maximum Gasteiger partial charge on any atom is 0.303 e. The topological polar surface area (TPSA) is 105 Å². The van der Waals surface area contributed by atoms with Crippen molar-refractivity contribution in [2.24, 2.45) is 0 Å². The first kappa shape index (κ1) is 29.5. The Balaban J connectivity index is 1.40. The molecule has 9 nitrogen and oxygen atoms in total. The van der Waals surface area contributed by atoms with Gasteiger partial charge in [0.25, 0.3) is 5.91 Å². The number of carboxylic acids is 1. The number of aryl methyl sites for hydroxylation is 1. The summed E-state index contributed by atoms with van der Waals surface area (Å²) in [6.07, 6.45) is 0.476. The first-order valence-corrected chi connectivity index (χ1v) is 14.7. The number of aliphatic carboxylic acids is 1. The molecule has 2 heterocycles. The third-order valence-corrected chi connectivity index (χ3v) is 8.19. The van der Waals surface area contributed by atoms with E-state index in [0.29, 0.717) is 24.2 Å². The van der Waals surface area contributed by atoms with E-state index in [4.69, 9.17) is 5.11 Å². The largest absolute Gasteiger partial charge is 0.481 e. The predicted molar refractivity (Wildman–Crippen MR) is 169 cm³/mol. The van der Waals surface area contributed by atoms with Gasteiger partial charge < -0.3 is 25.5 Å². The molecular weight excluding hydrogens is 598 g/mol. The van der Waals surface area contributed by atoms with E-state index in [-0.39, 0.29) is 18.2 Å². The third-order valence-electron chi connectivity index (χ3n) is 7.70. The Morgan fingerprint density at radius 1 is 1.00 bits per heavy atom. The van der Waals surface area contributed by atoms with Crippen LogP contribution in [0, 0.1) is 0 Å². The zero-order valence-electron chi connectivity index (χ0n) is 23.7. The van der Waals surface area contributed by atoms with Crippen LogP contribution in [0.5, 0.6) is 0 Å². The van der Waals surface area contributed by atoms with Gasteiger partial charge in [-0.05, 0) is 61.0 Å². The molecule has 10 heteroatoms. The van der Waals surface area contributed by atoms with Crippen LogP contribution in [0.2, 0.25) is 0 Å². The molecule has 0 bridgehead atoms. The van der Waals surface area contributed by atoms with Gasteiger partial charge >= 0.3 is 5.97 Å². The molecule has 0 aliphatic carbocycles. The quantitative estimate of drug-likeness (QED) is 0.296. The number of anilines is 3. The van der Waals surface area contributed by atoms with Crippen molar-refractivity contribution >= 4 is 62.0 Å². The number of halogens is 1. The van der Waals surface area contributed by atoms with Gasteiger partial charge in [-0.1, -0.05) is 46.3 Å². The summed E-state index contributed by atoms with van der Waals surface area (Å²) < 4.78 is 0.863. The zero-order valence-corrected chi connectivity index (χ0v) is 25.3. The summed E-state index contributed by atoms with van der Waals surface area (Å²) in [4.78, 5) is 43.4. The Morgan fingerprint density at radius 3 is 2.36 bits per heavy atom. The summed E-state index contributed by atoms with van der Waals surface area (Å²) >= 11 is 3.47. The molecule has 1 fully saturated rings. The molecule has 0 spiro atoms. The highest BCUT2D eigenvalue weighted by Gasteiger charge is 2.29. The van der Waals surface area contributed by atoms with Gasteiger partial charge in [0.1, 0.15) is 0 Å². The Labute approximate surface area is 253 Å². The number of nitrogens with one attached hydrogen (secondary N) is 2. The molecule has 0 atom stereocenters. The summed E-state index contributed by atoms with van der Waals surface area (Å²) in [7, 11) is 3.88. The summed E-state index contributed by atoms with van der Waals surface area (Å²) in [5.74, 6) is -1.02. The molecule has 3 aromatic rings. The van der Waals surface area contributed by atoms with Crippen molar-refractivity contribution in [3.05, 3.63) is 87.9 Å². The maximum absolute atomic E-state index is 13.3. The second-order valence-electron chi connectivity index (χ2n) is 10.7. The normalized spacial score (nSPS) is 16.5. The lowest BCUT2D eigenvalue weighted by Crippen LogP contribution is -2.48. The zero-order chi connectivity index (χ0) is 29.8. The van der Waals surface area contributed by atoms with Gasteiger partial charge in [0.05, 0.1) is 23.5 Å². The highest BCUT2D eigenvalue weighted by atomic mass is 79.9. The van der Waals surface area contributed by atoms with E-state index in [1.165, 1.54) is 0 Å². The van der Waals surface area contributed by atoms with E-state index in [2.05, 4.69) is 43.4 Å². The van der Waals surface area contributed by atoms with Crippen molar-refractivity contribution in [3.8, 4) is 0 Å². The van der Waals surface area contributed by atoms with Gasteiger partial charge in [-0.15, -0.1) is 0 Å². The van der Waals surface area contributed by atoms with E-state index in [1.807, 2.05) is 66.7 Å². The van der Waals surface area contributed by atoms with E-state index in [0.717, 1.165) is 64.4 Å². The fourth-order valence-corrected chi connectivity index (χ4v) is 5.48. The predicted octanol–water partition coefficient (Wildman–Crippen LogP) is 4.61. The lowest BCUT2D eigenvalue weighted by Gasteiger charge is -2.32. The van der Waals surface area contributed by atoms with Crippen LogP contribution in [0.15, 0.2) is 71.2 Å². The van der Waals surface area contributed by atoms with E-state index in [9.17, 15) is 14.4 Å². The SMILES string of the molecule is CN1CCN(CC(=O)N(C)c2ccc(N/C(=C3\C(=O)Nc4cc(Br)ccc43)c3ccc(CCC(=O)O)cc3)cc2)CC1. The average Bonchev–Trinajstić information content (AvgIpc) is 3.30. The Bertz CT molecular complexity index is 1510. The van der Waals surface area contributed by atoms with Crippen LogP contribution in [0.1, 0.15) is 23.1 Å². The molecular formula is C32H34BrN5O4. The molecule has 0 saturated carbocycles. The van der Waals surface area contributed by atoms with Gasteiger partial charge in [-0.2, -0.15) is 0 Å². The van der Waals surface area contributed by atoms with Crippen molar-refractivity contribution in [3.63, 3.8) is 0 Å². The smallest absolute Gasteiger partial charge is 0.303 e. The monoisotopic (exact) mass is 631 g/mol. The minimum atomic E-state index is -0.843. The second kappa shape index (κ2) is 12.9. The van der Waals surface area contributed by atoms with E-state index < -0.39 is 5.97 Å². The number of nitrogens with zero attached hydrogens (tertiary/aromatic N) is 3. The summed E-state index contributed by atoms with van der Waals surface area (Å²) in [5.41, 5.74) is 5.88. The number of benzene rings is 3. The molecule has 2 aliphatic heterocycles. The molecule has 0 radical (unpaired) electrons. The van der Waals surface area contributed by atoms with Crippen LogP contribution in [0.3, 0.4) is 0 Å². The molecule has 3 N–H and O–H groups in total. The number of rotatable bonds is 9. The molecule has 1 saturated heterocycles. The Kier molecular flexibility index (Phi) is 9.06. The van der Waals surface area contributed by atoms with Crippen LogP contribution < -0.4 is 15.5 Å². The fourth-order valence-electron chi connectivity index (χ4n) is 5.12. The fraction of sp³-hybridized carbons (Fsp3) is 0.281. The van der Waals surface area contributed by atoms with Gasteiger partial charge in [0, 0.05) is 61.1 Å². The number of likely N-dealkylation sites (N-methyl/N-ethyl adjacent to an activating group) is 2. The second-order valence-corrected chi connectivity index (χ2v) is 11.6. The van der Waals surface area contributed by atoms with Crippen molar-refractivity contribution in [1.29, 1.82) is 0 Å². The summed E-state index contributed by atoms with van der Waals surface area (Å²) in [6.45, 7) is 4.06. The third kappa shape index (κ3) is 6.89. The van der Waals surface area contributed by atoms with Gasteiger partial charge in [-0.25, -0.2) is 0 Å². The number of fused-ring (bicyclic) bond motifs is 1. The molecule has 2 amide bonds. The van der Waals surface area contributed by atoms with Crippen molar-refractivity contribution in [2.75, 3.05) is 62.4 Å². The van der Waals surface area contributed by atoms with Crippen LogP contribution in [0.4, 0.5) is 17.1 Å². The van der Waals surface area contributed by atoms with Gasteiger partial charge in [0.2, 0.25) is 5.91 Å². The highest BCUT2D eigenvalue weighted by molar-refractivity contribution is 9.10. The van der Waals surface area contributed by atoms with Crippen LogP contribution >= 0.6 is 15.9 Å². The number of piperazine rings is 1. The summed E-state index contributed by atoms with van der Waals surface area (Å²) in [6, 6.07) is 20.8. The Morgan fingerprint density at radius 2 is 1.69 bits per heavy atom. The standard InChI is InChI=1S/C32H34BrN5O4/c1-36-15-17-38(18-16-36)20-28(39)37(2)25-11-9-24(10-12-25)34-31(22-6-3-21(4-7-22)5-14-29(40)41)30-26-13-8-23(33)19-27(26)35-32(30)42/h3-4,6-13,19,34H,5,14-18,20H2,1-2H3,(H,35,42)(H,40,41)/b31-30-. The summed E-state index contributed by atoms with van der Waals surface area (Å²) in [5, 5.41) is 15.5. The first-order valence-electron chi connectivity index (χ1n) is 13.9. The molecule has 0 aromatic heterocycles. The van der Waals surface area contributed by atoms with Crippen LogP contribution in [0.25, 0.3) is 11.3 Å². The minimum Gasteiger partial charge on any atom is -0.481 e. The van der Waals surface area contributed by atoms with E-state index in [1.54, 1.807) is 11.9 Å². The molecule has 218 valence electrons. The maximum atomic E-state index is 13.3. The Hall–Kier alpha value is -3.99. The number of carbonyl (C=O) groups is 3. The molecule has 2 aliphatic rings.